The van der Waals surface area contributed by atoms with E-state index in [2.05, 4.69) is 5.32 Å². The van der Waals surface area contributed by atoms with E-state index in [-0.39, 0.29) is 35.1 Å². The fourth-order valence-corrected chi connectivity index (χ4v) is 6.96. The first-order chi connectivity index (χ1) is 22.7. The van der Waals surface area contributed by atoms with Crippen molar-refractivity contribution in [3.8, 4) is 22.8 Å². The number of methoxy groups -OCH3 is 2. The Morgan fingerprint density at radius 3 is 2.38 bits per heavy atom. The number of hydrogen-bond acceptors (Lipinski definition) is 9. The van der Waals surface area contributed by atoms with Gasteiger partial charge in [0, 0.05) is 48.5 Å². The molecule has 12 heteroatoms. The van der Waals surface area contributed by atoms with Crippen molar-refractivity contribution < 1.29 is 33.3 Å². The van der Waals surface area contributed by atoms with Gasteiger partial charge in [0.1, 0.15) is 35.2 Å². The summed E-state index contributed by atoms with van der Waals surface area (Å²) in [7, 11) is 2.91. The Morgan fingerprint density at radius 1 is 1.06 bits per heavy atom. The average molecular weight is 699 g/mol. The maximum Gasteiger partial charge on any atom is 0.407 e. The van der Waals surface area contributed by atoms with E-state index in [1.165, 1.54) is 7.11 Å². The van der Waals surface area contributed by atoms with E-state index < -0.39 is 23.1 Å². The molecule has 0 radical (unpaired) electrons. The minimum atomic E-state index is -0.668. The smallest absolute Gasteiger partial charge is 0.407 e. The summed E-state index contributed by atoms with van der Waals surface area (Å²) in [4.78, 5) is 45.9. The number of halogens is 2. The van der Waals surface area contributed by atoms with Crippen molar-refractivity contribution in [1.29, 1.82) is 0 Å². The Morgan fingerprint density at radius 2 is 1.75 bits per heavy atom. The number of aromatic nitrogens is 1. The van der Waals surface area contributed by atoms with E-state index in [0.29, 0.717) is 60.1 Å². The number of ether oxygens (including phenoxy) is 4. The number of pyridine rings is 1. The highest BCUT2D eigenvalue weighted by Crippen LogP contribution is 2.49. The number of esters is 1. The third kappa shape index (κ3) is 7.50. The number of rotatable bonds is 8. The van der Waals surface area contributed by atoms with Crippen LogP contribution in [0.4, 0.5) is 10.5 Å². The topological polar surface area (TPSA) is 116 Å². The van der Waals surface area contributed by atoms with Gasteiger partial charge in [0.25, 0.3) is 0 Å². The van der Waals surface area contributed by atoms with Crippen molar-refractivity contribution in [2.24, 2.45) is 11.3 Å². The molecule has 1 aliphatic carbocycles. The zero-order chi connectivity index (χ0) is 34.8. The van der Waals surface area contributed by atoms with Crippen molar-refractivity contribution in [3.63, 3.8) is 0 Å². The molecule has 2 fully saturated rings. The molecule has 2 heterocycles. The monoisotopic (exact) mass is 697 g/mol. The molecule has 1 N–H and O–H groups in total. The van der Waals surface area contributed by atoms with Crippen LogP contribution in [0.3, 0.4) is 0 Å². The number of nitrogens with zero attached hydrogens (tertiary/aromatic N) is 2. The van der Waals surface area contributed by atoms with Crippen LogP contribution in [0.15, 0.2) is 48.5 Å². The number of alkyl carbamates (subject to hydrolysis) is 1. The van der Waals surface area contributed by atoms with Crippen molar-refractivity contribution in [2.45, 2.75) is 65.2 Å². The Labute approximate surface area is 291 Å². The molecule has 1 aromatic heterocycles. The van der Waals surface area contributed by atoms with Crippen LogP contribution < -0.4 is 19.7 Å². The predicted octanol–water partition coefficient (Wildman–Crippen LogP) is 7.52. The molecule has 10 nitrogen and oxygen atoms in total. The number of amides is 1. The third-order valence-corrected chi connectivity index (χ3v) is 9.89. The molecule has 3 aromatic rings. The molecule has 1 amide bonds. The minimum Gasteiger partial charge on any atom is -0.497 e. The molecule has 48 heavy (non-hydrogen) atoms. The number of Topliss-reactive ketones (excluding diaryl/α,β-unsaturated/α-hetero) is 1. The molecule has 256 valence electrons. The van der Waals surface area contributed by atoms with Gasteiger partial charge in [0.2, 0.25) is 0 Å². The van der Waals surface area contributed by atoms with Gasteiger partial charge in [-0.25, -0.2) is 14.6 Å². The second-order valence-corrected chi connectivity index (χ2v) is 14.1. The predicted molar refractivity (Wildman–Crippen MR) is 184 cm³/mol. The summed E-state index contributed by atoms with van der Waals surface area (Å²) in [5, 5.41) is 3.62. The highest BCUT2D eigenvalue weighted by molar-refractivity contribution is 6.43. The van der Waals surface area contributed by atoms with Gasteiger partial charge in [-0.3, -0.25) is 4.79 Å². The summed E-state index contributed by atoms with van der Waals surface area (Å²) in [6.07, 6.45) is 0.997. The first-order valence-electron chi connectivity index (χ1n) is 15.9. The van der Waals surface area contributed by atoms with Crippen LogP contribution in [-0.2, 0) is 20.9 Å². The van der Waals surface area contributed by atoms with Crippen molar-refractivity contribution >= 4 is 46.7 Å². The number of ketones is 1. The van der Waals surface area contributed by atoms with Gasteiger partial charge in [-0.15, -0.1) is 0 Å². The molecule has 1 aliphatic heterocycles. The van der Waals surface area contributed by atoms with E-state index in [0.717, 1.165) is 11.3 Å². The molecule has 2 aromatic carbocycles. The standard InChI is InChI=1S/C36H41Cl2N3O7/c1-21-27(42)19-36(32(21)40-34(44)48-35(2,3)4)14-16-41(17-15-36)26-18-28(47-20-22-10-12-23(45-5)13-11-22)30(39-31(26)33(43)46-6)24-8-7-9-25(37)29(24)38/h7-13,18,21,32H,14-17,19-20H2,1-6H3,(H,40,44)/t21-,32+/m1/s1. The molecule has 1 saturated carbocycles. The number of anilines is 1. The van der Waals surface area contributed by atoms with Crippen LogP contribution in [0.2, 0.25) is 10.0 Å². The molecule has 0 bridgehead atoms. The maximum atomic E-state index is 13.3. The summed E-state index contributed by atoms with van der Waals surface area (Å²) >= 11 is 13.0. The first-order valence-corrected chi connectivity index (χ1v) is 16.6. The fraction of sp³-hybridized carbons (Fsp3) is 0.444. The fourth-order valence-electron chi connectivity index (χ4n) is 6.57. The van der Waals surface area contributed by atoms with Gasteiger partial charge in [-0.1, -0.05) is 54.4 Å². The van der Waals surface area contributed by atoms with Crippen molar-refractivity contribution in [2.75, 3.05) is 32.2 Å². The number of carbonyl (C=O) groups excluding carboxylic acids is 3. The summed E-state index contributed by atoms with van der Waals surface area (Å²) in [6.45, 7) is 8.46. The van der Waals surface area contributed by atoms with Gasteiger partial charge in [-0.2, -0.15) is 0 Å². The largest absolute Gasteiger partial charge is 0.497 e. The summed E-state index contributed by atoms with van der Waals surface area (Å²) in [5.74, 6) is 0.253. The number of carbonyl (C=O) groups is 3. The van der Waals surface area contributed by atoms with Crippen LogP contribution in [0.25, 0.3) is 11.3 Å². The highest BCUT2D eigenvalue weighted by atomic mass is 35.5. The lowest BCUT2D eigenvalue weighted by Gasteiger charge is -2.44. The van der Waals surface area contributed by atoms with E-state index in [1.807, 2.05) is 36.1 Å². The number of benzene rings is 2. The minimum absolute atomic E-state index is 0.0931. The quantitative estimate of drug-likeness (QED) is 0.239. The van der Waals surface area contributed by atoms with Crippen LogP contribution in [-0.4, -0.2) is 61.8 Å². The number of nitrogens with one attached hydrogen (secondary N) is 1. The van der Waals surface area contributed by atoms with E-state index in [4.69, 9.17) is 47.1 Å². The van der Waals surface area contributed by atoms with Gasteiger partial charge in [0.05, 0.1) is 30.0 Å². The van der Waals surface area contributed by atoms with Gasteiger partial charge < -0.3 is 29.2 Å². The van der Waals surface area contributed by atoms with E-state index >= 15 is 0 Å². The molecule has 1 spiro atoms. The van der Waals surface area contributed by atoms with Crippen LogP contribution >= 0.6 is 23.2 Å². The SMILES string of the molecule is COC(=O)c1nc(-c2cccc(Cl)c2Cl)c(OCc2ccc(OC)cc2)cc1N1CCC2(CC1)CC(=O)[C@@H](C)[C@@H]2NC(=O)OC(C)(C)C. The van der Waals surface area contributed by atoms with Crippen LogP contribution in [0, 0.1) is 11.3 Å². The Bertz CT molecular complexity index is 1680. The number of hydrogen-bond donors (Lipinski definition) is 1. The normalized spacial score (nSPS) is 18.8. The van der Waals surface area contributed by atoms with E-state index in [9.17, 15) is 14.4 Å². The maximum absolute atomic E-state index is 13.3. The Kier molecular flexibility index (Phi) is 10.5. The molecule has 2 aliphatic rings. The molecule has 0 unspecified atom stereocenters. The van der Waals surface area contributed by atoms with Gasteiger partial charge >= 0.3 is 12.1 Å². The average Bonchev–Trinajstić information content (AvgIpc) is 3.27. The summed E-state index contributed by atoms with van der Waals surface area (Å²) < 4.78 is 22.4. The number of piperidine rings is 1. The summed E-state index contributed by atoms with van der Waals surface area (Å²) in [5.41, 5.74) is 1.22. The van der Waals surface area contributed by atoms with Gasteiger partial charge in [-0.05, 0) is 57.4 Å². The lowest BCUT2D eigenvalue weighted by molar-refractivity contribution is -0.120. The zero-order valence-electron chi connectivity index (χ0n) is 28.0. The highest BCUT2D eigenvalue weighted by Gasteiger charge is 2.53. The molecular weight excluding hydrogens is 657 g/mol. The Hall–Kier alpha value is -4.02. The van der Waals surface area contributed by atoms with Crippen molar-refractivity contribution in [1.82, 2.24) is 10.3 Å². The lowest BCUT2D eigenvalue weighted by atomic mass is 9.73. The third-order valence-electron chi connectivity index (χ3n) is 9.07. The van der Waals surface area contributed by atoms with Crippen molar-refractivity contribution in [3.05, 3.63) is 69.8 Å². The first kappa shape index (κ1) is 35.3. The summed E-state index contributed by atoms with van der Waals surface area (Å²) in [6, 6.07) is 14.1. The molecular formula is C36H41Cl2N3O7. The zero-order valence-corrected chi connectivity index (χ0v) is 29.5. The molecule has 1 saturated heterocycles. The van der Waals surface area contributed by atoms with Crippen LogP contribution in [0.1, 0.15) is 63.0 Å². The molecule has 2 atom stereocenters. The lowest BCUT2D eigenvalue weighted by Crippen LogP contribution is -2.53. The van der Waals surface area contributed by atoms with Gasteiger partial charge in [0.15, 0.2) is 5.69 Å². The second kappa shape index (κ2) is 14.2. The van der Waals surface area contributed by atoms with E-state index in [1.54, 1.807) is 52.1 Å². The molecule has 5 rings (SSSR count). The second-order valence-electron chi connectivity index (χ2n) is 13.3. The Balaban J connectivity index is 1.49. The van der Waals surface area contributed by atoms with Crippen LogP contribution in [0.5, 0.6) is 11.5 Å².